The van der Waals surface area contributed by atoms with Gasteiger partial charge in [-0.05, 0) is 18.9 Å². The van der Waals surface area contributed by atoms with E-state index in [0.29, 0.717) is 0 Å². The fraction of sp³-hybridized carbons (Fsp3) is 0.500. The second-order valence-corrected chi connectivity index (χ2v) is 4.42. The van der Waals surface area contributed by atoms with Gasteiger partial charge >= 0.3 is 6.18 Å². The van der Waals surface area contributed by atoms with Crippen LogP contribution in [0.3, 0.4) is 0 Å². The van der Waals surface area contributed by atoms with Gasteiger partial charge in [0, 0.05) is 18.2 Å². The molecule has 0 aromatic heterocycles. The Morgan fingerprint density at radius 1 is 1.11 bits per heavy atom. The summed E-state index contributed by atoms with van der Waals surface area (Å²) in [5.74, 6) is -3.38. The van der Waals surface area contributed by atoms with Crippen LogP contribution in [0.25, 0.3) is 0 Å². The molecule has 2 atom stereocenters. The van der Waals surface area contributed by atoms with Crippen molar-refractivity contribution in [1.82, 2.24) is 5.32 Å². The number of hydrogen-bond acceptors (Lipinski definition) is 1. The van der Waals surface area contributed by atoms with E-state index in [1.807, 2.05) is 0 Å². The maximum Gasteiger partial charge on any atom is 0.393 e. The molecular formula is C12H12F5N. The average Bonchev–Trinajstić information content (AvgIpc) is 2.32. The summed E-state index contributed by atoms with van der Waals surface area (Å²) in [5, 5.41) is 2.63. The van der Waals surface area contributed by atoms with Gasteiger partial charge in [-0.3, -0.25) is 0 Å². The van der Waals surface area contributed by atoms with Crippen LogP contribution >= 0.6 is 0 Å². The van der Waals surface area contributed by atoms with Gasteiger partial charge in [0.1, 0.15) is 0 Å². The topological polar surface area (TPSA) is 12.0 Å². The van der Waals surface area contributed by atoms with Gasteiger partial charge in [0.05, 0.1) is 5.92 Å². The first-order valence-electron chi connectivity index (χ1n) is 5.63. The quantitative estimate of drug-likeness (QED) is 0.765. The zero-order chi connectivity index (χ0) is 13.3. The minimum Gasteiger partial charge on any atom is -0.309 e. The van der Waals surface area contributed by atoms with Crippen LogP contribution in [0, 0.1) is 17.6 Å². The lowest BCUT2D eigenvalue weighted by molar-refractivity contribution is -0.179. The standard InChI is InChI=1S/C12H12F5N/c13-9-3-1-2-8(11(9)14)10-5-4-7(6-18-10)12(15,16)17/h1-3,7,10,18H,4-6H2. The number of alkyl halides is 3. The van der Waals surface area contributed by atoms with E-state index in [1.165, 1.54) is 12.1 Å². The van der Waals surface area contributed by atoms with Crippen LogP contribution in [0.4, 0.5) is 22.0 Å². The average molecular weight is 265 g/mol. The molecule has 100 valence electrons. The lowest BCUT2D eigenvalue weighted by Crippen LogP contribution is -2.40. The summed E-state index contributed by atoms with van der Waals surface area (Å²) in [6, 6.07) is 3.18. The van der Waals surface area contributed by atoms with Crippen LogP contribution in [0.2, 0.25) is 0 Å². The maximum atomic E-state index is 13.5. The molecule has 1 aromatic rings. The number of halogens is 5. The van der Waals surface area contributed by atoms with Gasteiger partial charge in [-0.25, -0.2) is 8.78 Å². The molecule has 1 N–H and O–H groups in total. The number of piperidine rings is 1. The summed E-state index contributed by atoms with van der Waals surface area (Å²) >= 11 is 0. The molecule has 6 heteroatoms. The summed E-state index contributed by atoms with van der Waals surface area (Å²) in [6.45, 7) is -0.260. The zero-order valence-electron chi connectivity index (χ0n) is 9.40. The first-order chi connectivity index (χ1) is 8.39. The van der Waals surface area contributed by atoms with Crippen LogP contribution in [-0.4, -0.2) is 12.7 Å². The number of benzene rings is 1. The van der Waals surface area contributed by atoms with Crippen molar-refractivity contribution in [3.8, 4) is 0 Å². The lowest BCUT2D eigenvalue weighted by Gasteiger charge is -2.31. The Balaban J connectivity index is 2.08. The van der Waals surface area contributed by atoms with Gasteiger partial charge < -0.3 is 5.32 Å². The van der Waals surface area contributed by atoms with Gasteiger partial charge in [-0.1, -0.05) is 12.1 Å². The Morgan fingerprint density at radius 3 is 2.39 bits per heavy atom. The van der Waals surface area contributed by atoms with Gasteiger partial charge in [0.25, 0.3) is 0 Å². The molecule has 0 radical (unpaired) electrons. The minimum atomic E-state index is -4.24. The van der Waals surface area contributed by atoms with Crippen molar-refractivity contribution in [2.45, 2.75) is 25.1 Å². The van der Waals surface area contributed by atoms with Crippen LogP contribution in [0.1, 0.15) is 24.4 Å². The van der Waals surface area contributed by atoms with Crippen molar-refractivity contribution in [2.75, 3.05) is 6.54 Å². The highest BCUT2D eigenvalue weighted by atomic mass is 19.4. The summed E-state index contributed by atoms with van der Waals surface area (Å²) in [5.41, 5.74) is 0.0932. The largest absolute Gasteiger partial charge is 0.393 e. The predicted molar refractivity (Wildman–Crippen MR) is 55.9 cm³/mol. The lowest BCUT2D eigenvalue weighted by atomic mass is 9.90. The van der Waals surface area contributed by atoms with E-state index in [0.717, 1.165) is 6.07 Å². The van der Waals surface area contributed by atoms with Crippen molar-refractivity contribution in [2.24, 2.45) is 5.92 Å². The van der Waals surface area contributed by atoms with E-state index in [4.69, 9.17) is 0 Å². The van der Waals surface area contributed by atoms with Gasteiger partial charge in [-0.15, -0.1) is 0 Å². The normalized spacial score (nSPS) is 25.2. The zero-order valence-corrected chi connectivity index (χ0v) is 9.40. The molecule has 0 aliphatic carbocycles. The first kappa shape index (κ1) is 13.3. The van der Waals surface area contributed by atoms with E-state index in [-0.39, 0.29) is 24.9 Å². The van der Waals surface area contributed by atoms with Crippen LogP contribution < -0.4 is 5.32 Å². The number of rotatable bonds is 1. The molecule has 1 nitrogen and oxygen atoms in total. The molecule has 1 aliphatic heterocycles. The van der Waals surface area contributed by atoms with Gasteiger partial charge in [0.15, 0.2) is 11.6 Å². The molecule has 1 heterocycles. The second kappa shape index (κ2) is 4.84. The van der Waals surface area contributed by atoms with E-state index >= 15 is 0 Å². The highest BCUT2D eigenvalue weighted by Gasteiger charge is 2.41. The summed E-state index contributed by atoms with van der Waals surface area (Å²) < 4.78 is 63.8. The third-order valence-corrected chi connectivity index (χ3v) is 3.23. The Labute approximate surface area is 101 Å². The molecule has 2 rings (SSSR count). The first-order valence-corrected chi connectivity index (χ1v) is 5.63. The Hall–Kier alpha value is -1.17. The van der Waals surface area contributed by atoms with Crippen LogP contribution in [0.15, 0.2) is 18.2 Å². The molecule has 0 saturated carbocycles. The fourth-order valence-corrected chi connectivity index (χ4v) is 2.19. The van der Waals surface area contributed by atoms with Crippen molar-refractivity contribution < 1.29 is 22.0 Å². The Kier molecular flexibility index (Phi) is 3.56. The van der Waals surface area contributed by atoms with Crippen LogP contribution in [0.5, 0.6) is 0 Å². The highest BCUT2D eigenvalue weighted by Crippen LogP contribution is 2.36. The third kappa shape index (κ3) is 2.63. The molecule has 0 bridgehead atoms. The SMILES string of the molecule is Fc1cccc(C2CCC(C(F)(F)F)CN2)c1F. The van der Waals surface area contributed by atoms with E-state index in [2.05, 4.69) is 5.32 Å². The molecule has 18 heavy (non-hydrogen) atoms. The molecule has 1 saturated heterocycles. The smallest absolute Gasteiger partial charge is 0.309 e. The number of hydrogen-bond donors (Lipinski definition) is 1. The molecule has 2 unspecified atom stereocenters. The fourth-order valence-electron chi connectivity index (χ4n) is 2.19. The van der Waals surface area contributed by atoms with E-state index in [1.54, 1.807) is 0 Å². The monoisotopic (exact) mass is 265 g/mol. The maximum absolute atomic E-state index is 13.5. The molecule has 0 amide bonds. The van der Waals surface area contributed by atoms with Crippen LogP contribution in [-0.2, 0) is 0 Å². The number of nitrogens with one attached hydrogen (secondary N) is 1. The summed E-state index contributed by atoms with van der Waals surface area (Å²) in [6.07, 6.45) is -4.17. The molecule has 1 aliphatic rings. The molecule has 0 spiro atoms. The Morgan fingerprint density at radius 2 is 1.83 bits per heavy atom. The predicted octanol–water partition coefficient (Wildman–Crippen LogP) is 3.57. The van der Waals surface area contributed by atoms with E-state index in [9.17, 15) is 22.0 Å². The van der Waals surface area contributed by atoms with Gasteiger partial charge in [-0.2, -0.15) is 13.2 Å². The van der Waals surface area contributed by atoms with E-state index < -0.39 is 29.8 Å². The molecule has 1 aromatic carbocycles. The summed E-state index contributed by atoms with van der Waals surface area (Å²) in [4.78, 5) is 0. The Bertz CT molecular complexity index is 421. The van der Waals surface area contributed by atoms with Gasteiger partial charge in [0.2, 0.25) is 0 Å². The van der Waals surface area contributed by atoms with Crippen molar-refractivity contribution in [1.29, 1.82) is 0 Å². The summed E-state index contributed by atoms with van der Waals surface area (Å²) in [7, 11) is 0. The second-order valence-electron chi connectivity index (χ2n) is 4.42. The van der Waals surface area contributed by atoms with Crippen molar-refractivity contribution in [3.63, 3.8) is 0 Å². The third-order valence-electron chi connectivity index (χ3n) is 3.23. The molecule has 1 fully saturated rings. The van der Waals surface area contributed by atoms with Crippen molar-refractivity contribution in [3.05, 3.63) is 35.4 Å². The minimum absolute atomic E-state index is 0.0723. The highest BCUT2D eigenvalue weighted by molar-refractivity contribution is 5.23. The molecular weight excluding hydrogens is 253 g/mol. The van der Waals surface area contributed by atoms with Crippen molar-refractivity contribution >= 4 is 0 Å².